The Labute approximate surface area is 436 Å². The van der Waals surface area contributed by atoms with Crippen molar-refractivity contribution in [2.75, 3.05) is 39.3 Å². The Hall–Kier alpha value is -7.93. The number of nitrogens with one attached hydrogen (secondary N) is 7. The second kappa shape index (κ2) is 48.3. The van der Waals surface area contributed by atoms with Crippen LogP contribution in [0.25, 0.3) is 0 Å². The largest absolute Gasteiger partial charge is 0.508 e. The van der Waals surface area contributed by atoms with Crippen LogP contribution in [0, 0.1) is 19.8 Å². The molecule has 13 N–H and O–H groups in total. The van der Waals surface area contributed by atoms with E-state index in [-0.39, 0.29) is 36.6 Å². The molecule has 25 nitrogen and oxygen atoms in total. The van der Waals surface area contributed by atoms with E-state index in [1.165, 1.54) is 11.6 Å². The molecule has 26 heteroatoms. The van der Waals surface area contributed by atoms with E-state index in [0.717, 1.165) is 62.9 Å². The Balaban J connectivity index is -0.000000497. The van der Waals surface area contributed by atoms with Gasteiger partial charge < -0.3 is 67.9 Å². The zero-order valence-electron chi connectivity index (χ0n) is 44.0. The minimum Gasteiger partial charge on any atom is -0.508 e. The molecule has 0 saturated carbocycles. The lowest BCUT2D eigenvalue weighted by Crippen LogP contribution is -2.47. The number of aryl methyl sites for hydroxylation is 2. The number of aromatic hydroxyl groups is 1. The molecule has 1 aromatic heterocycles. The molecular weight excluding hydrogens is 992 g/mol. The number of amides is 7. The molecule has 0 bridgehead atoms. The molecule has 1 atom stereocenters. The van der Waals surface area contributed by atoms with E-state index >= 15 is 0 Å². The van der Waals surface area contributed by atoms with Gasteiger partial charge in [0.25, 0.3) is 5.91 Å². The number of nitrogens with zero attached hydrogens (tertiary/aromatic N) is 1. The Kier molecular flexibility index (Phi) is 47.4. The van der Waals surface area contributed by atoms with Crippen molar-refractivity contribution in [3.63, 3.8) is 0 Å². The van der Waals surface area contributed by atoms with Gasteiger partial charge in [0.1, 0.15) is 24.9 Å². The zero-order valence-corrected chi connectivity index (χ0v) is 44.0. The SMILES string of the molecule is CC.CCC(=O)O.CCC(=O)O.CCCCNC(=O)CCCCCCC(=O)NCCCCC(NC(=O)NCC(=O)O)C(=O)O.Cc1ccc(O)c(C)c1.O=C(O)CNC(=O)CNC(=O)CNC(=O)c1ccc(F)nc1. The summed E-state index contributed by atoms with van der Waals surface area (Å²) >= 11 is 0. The monoisotopic (exact) mass is 1070 g/mol. The fraction of sp³-hybridized carbons (Fsp3) is 0.551. The third-order valence-corrected chi connectivity index (χ3v) is 8.89. The first-order valence-electron chi connectivity index (χ1n) is 24.3. The highest BCUT2D eigenvalue weighted by Crippen LogP contribution is 2.15. The molecule has 2 rings (SSSR count). The molecule has 424 valence electrons. The maximum Gasteiger partial charge on any atom is 0.326 e. The number of aliphatic carboxylic acids is 5. The number of carbonyl (C=O) groups excluding carboxylic acids is 6. The molecule has 0 radical (unpaired) electrons. The second-order valence-corrected chi connectivity index (χ2v) is 15.4. The molecule has 0 fully saturated rings. The van der Waals surface area contributed by atoms with Gasteiger partial charge >= 0.3 is 35.9 Å². The van der Waals surface area contributed by atoms with Crippen LogP contribution in [-0.2, 0) is 43.2 Å². The number of carboxylic acid groups (broad SMARTS) is 5. The molecule has 7 amide bonds. The molecule has 0 saturated heterocycles. The van der Waals surface area contributed by atoms with Crippen molar-refractivity contribution in [3.05, 3.63) is 59.2 Å². The van der Waals surface area contributed by atoms with Crippen molar-refractivity contribution < 1.29 is 87.8 Å². The van der Waals surface area contributed by atoms with Crippen LogP contribution in [0.3, 0.4) is 0 Å². The number of hydrogen-bond acceptors (Lipinski definition) is 13. The molecule has 75 heavy (non-hydrogen) atoms. The standard InChI is InChI=1S/C21H38N4O7.C12H13FN4O5.C8H10O.2C3H6O2.C2H6/c1-2-3-13-22-17(26)11-6-4-5-7-12-18(27)23-14-9-8-10-16(20(30)31)25-21(32)24-15-19(28)29;13-8-2-1-7(3-14-8)12(22)17-5-10(19)15-4-9(18)16-6-11(20)21;1-6-3-4-8(9)7(2)5-6;2*1-2-3(4)5;1-2/h16H,2-15H2,1H3,(H,22,26)(H,23,27)(H,28,29)(H,30,31)(H2,24,25,32);1-3H,4-6H2,(H,15,19)(H,16,18)(H,17,22)(H,20,21);3-5,9H,1-2H3;2*2H2,1H3,(H,4,5);1-2H3. The molecule has 1 aromatic carbocycles. The summed E-state index contributed by atoms with van der Waals surface area (Å²) in [7, 11) is 0. The first-order chi connectivity index (χ1) is 35.4. The minimum atomic E-state index is -1.23. The Morgan fingerprint density at radius 1 is 0.560 bits per heavy atom. The van der Waals surface area contributed by atoms with Crippen LogP contribution in [0.4, 0.5) is 9.18 Å². The lowest BCUT2D eigenvalue weighted by Gasteiger charge is -2.14. The number of carbonyl (C=O) groups is 11. The Morgan fingerprint density at radius 2 is 1.04 bits per heavy atom. The number of hydrogen-bond donors (Lipinski definition) is 13. The number of urea groups is 1. The van der Waals surface area contributed by atoms with Crippen LogP contribution >= 0.6 is 0 Å². The normalized spacial score (nSPS) is 9.87. The summed E-state index contributed by atoms with van der Waals surface area (Å²) in [5, 5.41) is 66.8. The molecule has 0 spiro atoms. The quantitative estimate of drug-likeness (QED) is 0.0427. The van der Waals surface area contributed by atoms with Crippen molar-refractivity contribution >= 4 is 65.4 Å². The highest BCUT2D eigenvalue weighted by atomic mass is 19.1. The van der Waals surface area contributed by atoms with Gasteiger partial charge in [-0.1, -0.05) is 71.6 Å². The predicted octanol–water partition coefficient (Wildman–Crippen LogP) is 3.63. The first-order valence-corrected chi connectivity index (χ1v) is 24.3. The number of aromatic nitrogens is 1. The number of phenolic OH excluding ortho intramolecular Hbond substituents is 1. The highest BCUT2D eigenvalue weighted by molar-refractivity contribution is 5.96. The van der Waals surface area contributed by atoms with Crippen molar-refractivity contribution in [1.82, 2.24) is 42.2 Å². The number of rotatable bonds is 28. The van der Waals surface area contributed by atoms with Gasteiger partial charge in [-0.05, 0) is 76.1 Å². The number of pyridine rings is 1. The van der Waals surface area contributed by atoms with E-state index in [2.05, 4.69) is 38.5 Å². The number of halogens is 1. The van der Waals surface area contributed by atoms with E-state index in [0.29, 0.717) is 38.0 Å². The first kappa shape index (κ1) is 73.6. The highest BCUT2D eigenvalue weighted by Gasteiger charge is 2.19. The van der Waals surface area contributed by atoms with E-state index in [9.17, 15) is 57.1 Å². The van der Waals surface area contributed by atoms with E-state index in [1.54, 1.807) is 19.9 Å². The number of phenols is 1. The molecule has 0 aliphatic carbocycles. The van der Waals surface area contributed by atoms with Gasteiger partial charge in [0.15, 0.2) is 0 Å². The Bertz CT molecular complexity index is 2010. The van der Waals surface area contributed by atoms with Gasteiger partial charge in [0.05, 0.1) is 18.7 Å². The lowest BCUT2D eigenvalue weighted by molar-refractivity contribution is -0.139. The average Bonchev–Trinajstić information content (AvgIpc) is 3.36. The second-order valence-electron chi connectivity index (χ2n) is 15.4. The number of benzene rings is 1. The van der Waals surface area contributed by atoms with Gasteiger partial charge in [0.2, 0.25) is 29.6 Å². The summed E-state index contributed by atoms with van der Waals surface area (Å²) in [6.45, 7) is 12.3. The third-order valence-electron chi connectivity index (χ3n) is 8.89. The summed E-state index contributed by atoms with van der Waals surface area (Å²) < 4.78 is 12.6. The summed E-state index contributed by atoms with van der Waals surface area (Å²) in [4.78, 5) is 123. The number of unbranched alkanes of at least 4 members (excludes halogenated alkanes) is 5. The summed E-state index contributed by atoms with van der Waals surface area (Å²) in [6, 6.07) is 5.78. The van der Waals surface area contributed by atoms with E-state index in [1.807, 2.05) is 50.5 Å². The molecule has 0 aliphatic heterocycles. The van der Waals surface area contributed by atoms with Gasteiger partial charge in [0, 0.05) is 45.0 Å². The third kappa shape index (κ3) is 50.8. The smallest absolute Gasteiger partial charge is 0.326 e. The summed E-state index contributed by atoms with van der Waals surface area (Å²) in [6.07, 6.45) is 8.96. The zero-order chi connectivity index (χ0) is 58.1. The Morgan fingerprint density at radius 3 is 1.47 bits per heavy atom. The maximum absolute atomic E-state index is 12.6. The van der Waals surface area contributed by atoms with Crippen LogP contribution in [0.5, 0.6) is 5.75 Å². The van der Waals surface area contributed by atoms with Crippen LogP contribution in [0.1, 0.15) is 140 Å². The molecule has 0 aliphatic rings. The van der Waals surface area contributed by atoms with Gasteiger partial charge in [-0.3, -0.25) is 43.2 Å². The predicted molar refractivity (Wildman–Crippen MR) is 273 cm³/mol. The van der Waals surface area contributed by atoms with Gasteiger partial charge in [-0.15, -0.1) is 0 Å². The molecule has 1 unspecified atom stereocenters. The van der Waals surface area contributed by atoms with Gasteiger partial charge in [-0.2, -0.15) is 4.39 Å². The fourth-order valence-electron chi connectivity index (χ4n) is 4.89. The molecular formula is C49H79FN8O17. The van der Waals surface area contributed by atoms with Gasteiger partial charge in [-0.25, -0.2) is 14.6 Å². The van der Waals surface area contributed by atoms with Crippen molar-refractivity contribution in [2.24, 2.45) is 0 Å². The average molecular weight is 1070 g/mol. The van der Waals surface area contributed by atoms with Crippen LogP contribution in [0.15, 0.2) is 36.5 Å². The molecule has 1 heterocycles. The fourth-order valence-corrected chi connectivity index (χ4v) is 4.89. The van der Waals surface area contributed by atoms with Crippen LogP contribution in [-0.4, -0.2) is 146 Å². The van der Waals surface area contributed by atoms with Crippen molar-refractivity contribution in [3.8, 4) is 5.75 Å². The lowest BCUT2D eigenvalue weighted by atomic mass is 10.1. The van der Waals surface area contributed by atoms with E-state index in [4.69, 9.17) is 30.6 Å². The number of carboxylic acids is 5. The topological polar surface area (TPSA) is 406 Å². The van der Waals surface area contributed by atoms with E-state index < -0.39 is 91.8 Å². The molecule has 2 aromatic rings. The van der Waals surface area contributed by atoms with Crippen LogP contribution in [0.2, 0.25) is 0 Å². The summed E-state index contributed by atoms with van der Waals surface area (Å²) in [5.41, 5.74) is 2.20. The maximum atomic E-state index is 12.6. The summed E-state index contributed by atoms with van der Waals surface area (Å²) in [5.74, 6) is -7.43. The minimum absolute atomic E-state index is 0.0664. The van der Waals surface area contributed by atoms with Crippen molar-refractivity contribution in [1.29, 1.82) is 0 Å². The van der Waals surface area contributed by atoms with Crippen molar-refractivity contribution in [2.45, 2.75) is 138 Å². The van der Waals surface area contributed by atoms with Crippen LogP contribution < -0.4 is 37.2 Å².